The third-order valence-electron chi connectivity index (χ3n) is 2.44. The van der Waals surface area contributed by atoms with E-state index in [9.17, 15) is 4.79 Å². The van der Waals surface area contributed by atoms with Crippen molar-refractivity contribution >= 4 is 11.6 Å². The molecular formula is C10H16N4O2. The van der Waals surface area contributed by atoms with Gasteiger partial charge in [0.25, 0.3) is 5.91 Å². The van der Waals surface area contributed by atoms with Gasteiger partial charge in [0.05, 0.1) is 18.5 Å². The summed E-state index contributed by atoms with van der Waals surface area (Å²) in [5, 5.41) is 9.97. The number of aryl methyl sites for hydroxylation is 1. The van der Waals surface area contributed by atoms with Crippen LogP contribution in [0.4, 0.5) is 5.69 Å². The fourth-order valence-electron chi connectivity index (χ4n) is 1.56. The van der Waals surface area contributed by atoms with Gasteiger partial charge in [0.1, 0.15) is 6.10 Å². The van der Waals surface area contributed by atoms with E-state index >= 15 is 0 Å². The minimum absolute atomic E-state index is 0.122. The summed E-state index contributed by atoms with van der Waals surface area (Å²) in [5.74, 6) is -0.122. The predicted molar refractivity (Wildman–Crippen MR) is 59.1 cm³/mol. The highest BCUT2D eigenvalue weighted by molar-refractivity contribution is 5.94. The Morgan fingerprint density at radius 1 is 1.81 bits per heavy atom. The first-order valence-corrected chi connectivity index (χ1v) is 5.45. The summed E-state index contributed by atoms with van der Waals surface area (Å²) >= 11 is 0. The molecule has 0 aliphatic carbocycles. The van der Waals surface area contributed by atoms with Crippen LogP contribution in [0.5, 0.6) is 0 Å². The second kappa shape index (κ2) is 5.09. The fourth-order valence-corrected chi connectivity index (χ4v) is 1.56. The van der Waals surface area contributed by atoms with Gasteiger partial charge in [0.2, 0.25) is 0 Å². The molecule has 1 amide bonds. The van der Waals surface area contributed by atoms with Crippen molar-refractivity contribution < 1.29 is 9.53 Å². The van der Waals surface area contributed by atoms with E-state index in [1.54, 1.807) is 17.1 Å². The van der Waals surface area contributed by atoms with Crippen LogP contribution in [0.1, 0.15) is 6.92 Å². The number of hydrogen-bond donors (Lipinski definition) is 2. The van der Waals surface area contributed by atoms with Crippen molar-refractivity contribution in [1.82, 2.24) is 15.1 Å². The van der Waals surface area contributed by atoms with Crippen LogP contribution >= 0.6 is 0 Å². The Kier molecular flexibility index (Phi) is 3.53. The molecule has 1 atom stereocenters. The van der Waals surface area contributed by atoms with Crippen molar-refractivity contribution in [2.75, 3.05) is 25.0 Å². The average molecular weight is 224 g/mol. The van der Waals surface area contributed by atoms with E-state index in [0.29, 0.717) is 18.8 Å². The van der Waals surface area contributed by atoms with Crippen molar-refractivity contribution in [1.29, 1.82) is 0 Å². The van der Waals surface area contributed by atoms with Gasteiger partial charge in [-0.1, -0.05) is 0 Å². The lowest BCUT2D eigenvalue weighted by Gasteiger charge is -2.22. The maximum atomic E-state index is 11.8. The third kappa shape index (κ3) is 2.59. The average Bonchev–Trinajstić information content (AvgIpc) is 2.78. The number of anilines is 1. The molecule has 1 fully saturated rings. The standard InChI is InChI=1S/C10H16N4O2/c1-2-14-7-8(5-12-14)13-10(15)9-6-11-3-4-16-9/h5,7,9,11H,2-4,6H2,1H3,(H,13,15). The number of aromatic nitrogens is 2. The van der Waals surface area contributed by atoms with Crippen LogP contribution in [0.15, 0.2) is 12.4 Å². The normalized spacial score (nSPS) is 20.7. The molecule has 1 aliphatic rings. The monoisotopic (exact) mass is 224 g/mol. The SMILES string of the molecule is CCn1cc(NC(=O)C2CNCCO2)cn1. The molecule has 1 aromatic heterocycles. The van der Waals surface area contributed by atoms with Gasteiger partial charge in [0.15, 0.2) is 0 Å². The molecule has 6 nitrogen and oxygen atoms in total. The molecule has 0 saturated carbocycles. The van der Waals surface area contributed by atoms with E-state index in [1.807, 2.05) is 6.92 Å². The minimum atomic E-state index is -0.404. The molecule has 2 rings (SSSR count). The molecule has 1 aromatic rings. The van der Waals surface area contributed by atoms with Crippen LogP contribution < -0.4 is 10.6 Å². The Morgan fingerprint density at radius 3 is 3.31 bits per heavy atom. The zero-order valence-corrected chi connectivity index (χ0v) is 9.27. The highest BCUT2D eigenvalue weighted by Crippen LogP contribution is 2.07. The molecule has 0 bridgehead atoms. The van der Waals surface area contributed by atoms with Crippen molar-refractivity contribution in [2.45, 2.75) is 19.6 Å². The van der Waals surface area contributed by atoms with Gasteiger partial charge in [-0.15, -0.1) is 0 Å². The zero-order chi connectivity index (χ0) is 11.4. The summed E-state index contributed by atoms with van der Waals surface area (Å²) in [7, 11) is 0. The predicted octanol–water partition coefficient (Wildman–Crippen LogP) is -0.170. The summed E-state index contributed by atoms with van der Waals surface area (Å²) in [6, 6.07) is 0. The number of ether oxygens (including phenoxy) is 1. The van der Waals surface area contributed by atoms with E-state index in [2.05, 4.69) is 15.7 Å². The van der Waals surface area contributed by atoms with E-state index in [1.165, 1.54) is 0 Å². The first kappa shape index (κ1) is 11.1. The smallest absolute Gasteiger partial charge is 0.254 e. The molecule has 88 valence electrons. The maximum Gasteiger partial charge on any atom is 0.254 e. The van der Waals surface area contributed by atoms with Crippen molar-refractivity contribution in [2.24, 2.45) is 0 Å². The highest BCUT2D eigenvalue weighted by Gasteiger charge is 2.21. The third-order valence-corrected chi connectivity index (χ3v) is 2.44. The molecule has 1 aliphatic heterocycles. The number of carbonyl (C=O) groups is 1. The molecule has 1 saturated heterocycles. The van der Waals surface area contributed by atoms with Gasteiger partial charge < -0.3 is 15.4 Å². The Labute approximate surface area is 94.0 Å². The molecule has 16 heavy (non-hydrogen) atoms. The summed E-state index contributed by atoms with van der Waals surface area (Å²) in [6.07, 6.45) is 3.03. The summed E-state index contributed by atoms with van der Waals surface area (Å²) in [5.41, 5.74) is 0.709. The van der Waals surface area contributed by atoms with Gasteiger partial charge in [-0.25, -0.2) is 0 Å². The fraction of sp³-hybridized carbons (Fsp3) is 0.600. The number of morpholine rings is 1. The quantitative estimate of drug-likeness (QED) is 0.748. The Hall–Kier alpha value is -1.40. The van der Waals surface area contributed by atoms with E-state index in [4.69, 9.17) is 4.74 Å². The largest absolute Gasteiger partial charge is 0.366 e. The first-order valence-electron chi connectivity index (χ1n) is 5.45. The second-order valence-corrected chi connectivity index (χ2v) is 3.64. The van der Waals surface area contributed by atoms with Gasteiger partial charge in [0, 0.05) is 25.8 Å². The van der Waals surface area contributed by atoms with E-state index in [0.717, 1.165) is 13.1 Å². The van der Waals surface area contributed by atoms with E-state index < -0.39 is 6.10 Å². The van der Waals surface area contributed by atoms with Crippen molar-refractivity contribution in [3.63, 3.8) is 0 Å². The van der Waals surface area contributed by atoms with Crippen LogP contribution in [0.25, 0.3) is 0 Å². The molecule has 2 N–H and O–H groups in total. The molecular weight excluding hydrogens is 208 g/mol. The number of rotatable bonds is 3. The molecule has 0 radical (unpaired) electrons. The van der Waals surface area contributed by atoms with Gasteiger partial charge in [-0.3, -0.25) is 9.48 Å². The van der Waals surface area contributed by atoms with Crippen LogP contribution in [0.2, 0.25) is 0 Å². The lowest BCUT2D eigenvalue weighted by atomic mass is 10.3. The van der Waals surface area contributed by atoms with Crippen LogP contribution in [-0.2, 0) is 16.1 Å². The molecule has 2 heterocycles. The molecule has 6 heteroatoms. The Balaban J connectivity index is 1.90. The van der Waals surface area contributed by atoms with Crippen LogP contribution in [0, 0.1) is 0 Å². The van der Waals surface area contributed by atoms with Gasteiger partial charge in [-0.2, -0.15) is 5.10 Å². The summed E-state index contributed by atoms with van der Waals surface area (Å²) < 4.78 is 7.10. The van der Waals surface area contributed by atoms with Gasteiger partial charge in [-0.05, 0) is 6.92 Å². The zero-order valence-electron chi connectivity index (χ0n) is 9.27. The van der Waals surface area contributed by atoms with Crippen molar-refractivity contribution in [3.05, 3.63) is 12.4 Å². The van der Waals surface area contributed by atoms with Crippen LogP contribution in [-0.4, -0.2) is 41.5 Å². The van der Waals surface area contributed by atoms with Crippen LogP contribution in [0.3, 0.4) is 0 Å². The van der Waals surface area contributed by atoms with E-state index in [-0.39, 0.29) is 5.91 Å². The molecule has 0 spiro atoms. The Morgan fingerprint density at radius 2 is 2.69 bits per heavy atom. The number of nitrogens with zero attached hydrogens (tertiary/aromatic N) is 2. The van der Waals surface area contributed by atoms with Gasteiger partial charge >= 0.3 is 0 Å². The molecule has 1 unspecified atom stereocenters. The lowest BCUT2D eigenvalue weighted by Crippen LogP contribution is -2.45. The Bertz CT molecular complexity index is 357. The number of carbonyl (C=O) groups excluding carboxylic acids is 1. The number of amides is 1. The second-order valence-electron chi connectivity index (χ2n) is 3.64. The summed E-state index contributed by atoms with van der Waals surface area (Å²) in [6.45, 7) is 4.72. The molecule has 0 aromatic carbocycles. The lowest BCUT2D eigenvalue weighted by molar-refractivity contribution is -0.128. The highest BCUT2D eigenvalue weighted by atomic mass is 16.5. The summed E-state index contributed by atoms with van der Waals surface area (Å²) in [4.78, 5) is 11.8. The maximum absolute atomic E-state index is 11.8. The number of hydrogen-bond acceptors (Lipinski definition) is 4. The van der Waals surface area contributed by atoms with Crippen molar-refractivity contribution in [3.8, 4) is 0 Å². The topological polar surface area (TPSA) is 68.2 Å². The first-order chi connectivity index (χ1) is 7.79. The minimum Gasteiger partial charge on any atom is -0.366 e. The number of nitrogens with one attached hydrogen (secondary N) is 2.